The second-order valence-corrected chi connectivity index (χ2v) is 7.73. The number of carbonyl (C=O) groups is 1. The molecule has 0 saturated heterocycles. The monoisotopic (exact) mass is 356 g/mol. The molecule has 1 amide bonds. The SMILES string of the molecule is CCCNC(=O)C(NS(=O)(=O)c1cccc2nsnc12)C(C)C. The van der Waals surface area contributed by atoms with E-state index in [9.17, 15) is 13.2 Å². The quantitative estimate of drug-likeness (QED) is 0.783. The molecule has 0 radical (unpaired) electrons. The Morgan fingerprint density at radius 3 is 2.70 bits per heavy atom. The number of hydrogen-bond acceptors (Lipinski definition) is 6. The summed E-state index contributed by atoms with van der Waals surface area (Å²) < 4.78 is 35.9. The van der Waals surface area contributed by atoms with Crippen molar-refractivity contribution in [2.24, 2.45) is 5.92 Å². The predicted molar refractivity (Wildman–Crippen MR) is 89.7 cm³/mol. The molecule has 2 rings (SSSR count). The number of aromatic nitrogens is 2. The number of fused-ring (bicyclic) bond motifs is 1. The Balaban J connectivity index is 2.31. The summed E-state index contributed by atoms with van der Waals surface area (Å²) >= 11 is 0.954. The Morgan fingerprint density at radius 1 is 1.30 bits per heavy atom. The number of carbonyl (C=O) groups excluding carboxylic acids is 1. The fourth-order valence-electron chi connectivity index (χ4n) is 2.08. The molecule has 1 aromatic heterocycles. The van der Waals surface area contributed by atoms with Gasteiger partial charge in [0, 0.05) is 6.54 Å². The van der Waals surface area contributed by atoms with E-state index in [1.165, 1.54) is 6.07 Å². The summed E-state index contributed by atoms with van der Waals surface area (Å²) in [6.07, 6.45) is 0.785. The lowest BCUT2D eigenvalue weighted by atomic mass is 10.1. The molecule has 1 atom stereocenters. The number of nitrogens with one attached hydrogen (secondary N) is 2. The van der Waals surface area contributed by atoms with Crippen LogP contribution >= 0.6 is 11.7 Å². The van der Waals surface area contributed by atoms with Gasteiger partial charge in [-0.2, -0.15) is 13.5 Å². The topological polar surface area (TPSA) is 101 Å². The van der Waals surface area contributed by atoms with E-state index < -0.39 is 16.1 Å². The molecule has 0 aliphatic rings. The molecule has 2 aromatic rings. The van der Waals surface area contributed by atoms with Gasteiger partial charge in [-0.15, -0.1) is 0 Å². The minimum atomic E-state index is -3.88. The van der Waals surface area contributed by atoms with E-state index in [4.69, 9.17) is 0 Å². The van der Waals surface area contributed by atoms with Gasteiger partial charge < -0.3 is 5.32 Å². The van der Waals surface area contributed by atoms with Gasteiger partial charge in [-0.05, 0) is 24.5 Å². The van der Waals surface area contributed by atoms with Crippen molar-refractivity contribution >= 4 is 38.7 Å². The molecule has 0 spiro atoms. The first-order valence-electron chi connectivity index (χ1n) is 7.38. The smallest absolute Gasteiger partial charge is 0.243 e. The zero-order valence-corrected chi connectivity index (χ0v) is 14.9. The molecule has 9 heteroatoms. The van der Waals surface area contributed by atoms with Crippen LogP contribution in [0.2, 0.25) is 0 Å². The first-order valence-corrected chi connectivity index (χ1v) is 9.59. The lowest BCUT2D eigenvalue weighted by Gasteiger charge is -2.21. The summed E-state index contributed by atoms with van der Waals surface area (Å²) in [6.45, 7) is 6.04. The van der Waals surface area contributed by atoms with Crippen LogP contribution < -0.4 is 10.0 Å². The average Bonchev–Trinajstić information content (AvgIpc) is 2.98. The van der Waals surface area contributed by atoms with Crippen molar-refractivity contribution < 1.29 is 13.2 Å². The van der Waals surface area contributed by atoms with E-state index in [1.807, 2.05) is 6.92 Å². The lowest BCUT2D eigenvalue weighted by molar-refractivity contribution is -0.123. The number of benzene rings is 1. The van der Waals surface area contributed by atoms with Crippen LogP contribution in [0.4, 0.5) is 0 Å². The van der Waals surface area contributed by atoms with Gasteiger partial charge in [0.05, 0.1) is 11.7 Å². The van der Waals surface area contributed by atoms with E-state index in [1.54, 1.807) is 26.0 Å². The second kappa shape index (κ2) is 7.33. The van der Waals surface area contributed by atoms with Gasteiger partial charge in [-0.1, -0.05) is 26.8 Å². The van der Waals surface area contributed by atoms with Crippen molar-refractivity contribution in [1.82, 2.24) is 18.8 Å². The maximum Gasteiger partial charge on any atom is 0.243 e. The minimum absolute atomic E-state index is 0.0395. The van der Waals surface area contributed by atoms with Crippen molar-refractivity contribution in [3.63, 3.8) is 0 Å². The molecule has 1 unspecified atom stereocenters. The zero-order valence-electron chi connectivity index (χ0n) is 13.2. The van der Waals surface area contributed by atoms with Gasteiger partial charge in [0.1, 0.15) is 22.0 Å². The average molecular weight is 356 g/mol. The third kappa shape index (κ3) is 4.04. The van der Waals surface area contributed by atoms with Crippen molar-refractivity contribution in [2.45, 2.75) is 38.1 Å². The molecule has 0 bridgehead atoms. The van der Waals surface area contributed by atoms with Gasteiger partial charge >= 0.3 is 0 Å². The largest absolute Gasteiger partial charge is 0.355 e. The van der Waals surface area contributed by atoms with Crippen molar-refractivity contribution in [3.05, 3.63) is 18.2 Å². The van der Waals surface area contributed by atoms with Crippen LogP contribution in [0.5, 0.6) is 0 Å². The highest BCUT2D eigenvalue weighted by Crippen LogP contribution is 2.21. The van der Waals surface area contributed by atoms with Crippen LogP contribution in [0, 0.1) is 5.92 Å². The minimum Gasteiger partial charge on any atom is -0.355 e. The molecule has 126 valence electrons. The highest BCUT2D eigenvalue weighted by Gasteiger charge is 2.29. The van der Waals surface area contributed by atoms with E-state index in [-0.39, 0.29) is 16.7 Å². The molecule has 2 N–H and O–H groups in total. The van der Waals surface area contributed by atoms with E-state index in [0.29, 0.717) is 17.6 Å². The molecular weight excluding hydrogens is 336 g/mol. The zero-order chi connectivity index (χ0) is 17.0. The van der Waals surface area contributed by atoms with Gasteiger partial charge in [-0.3, -0.25) is 4.79 Å². The number of nitrogens with zero attached hydrogens (tertiary/aromatic N) is 2. The molecular formula is C14H20N4O3S2. The van der Waals surface area contributed by atoms with Gasteiger partial charge in [0.2, 0.25) is 15.9 Å². The van der Waals surface area contributed by atoms with Crippen molar-refractivity contribution in [3.8, 4) is 0 Å². The summed E-state index contributed by atoms with van der Waals surface area (Å²) in [4.78, 5) is 12.2. The summed E-state index contributed by atoms with van der Waals surface area (Å²) in [6, 6.07) is 3.94. The normalized spacial score (nSPS) is 13.4. The standard InChI is InChI=1S/C14H20N4O3S2/c1-4-8-15-14(19)12(9(2)3)18-23(20,21)11-7-5-6-10-13(11)17-22-16-10/h5-7,9,12,18H,4,8H2,1-3H3,(H,15,19). The molecule has 7 nitrogen and oxygen atoms in total. The molecule has 1 aromatic carbocycles. The molecule has 0 fully saturated rings. The van der Waals surface area contributed by atoms with Crippen LogP contribution in [-0.2, 0) is 14.8 Å². The van der Waals surface area contributed by atoms with Crippen LogP contribution in [0.25, 0.3) is 11.0 Å². The maximum absolute atomic E-state index is 12.7. The Bertz CT molecular complexity index is 786. The highest BCUT2D eigenvalue weighted by atomic mass is 32.2. The van der Waals surface area contributed by atoms with Crippen LogP contribution in [0.15, 0.2) is 23.1 Å². The first kappa shape index (κ1) is 17.8. The Morgan fingerprint density at radius 2 is 2.04 bits per heavy atom. The molecule has 0 saturated carbocycles. The van der Waals surface area contributed by atoms with E-state index in [2.05, 4.69) is 18.8 Å². The summed E-state index contributed by atoms with van der Waals surface area (Å²) in [5.74, 6) is -0.511. The number of hydrogen-bond donors (Lipinski definition) is 2. The Labute approximate surface area is 139 Å². The third-order valence-electron chi connectivity index (χ3n) is 3.32. The summed E-state index contributed by atoms with van der Waals surface area (Å²) in [5, 5.41) is 2.73. The molecule has 0 aliphatic carbocycles. The fraction of sp³-hybridized carbons (Fsp3) is 0.500. The number of sulfonamides is 1. The van der Waals surface area contributed by atoms with Gasteiger partial charge in [0.25, 0.3) is 0 Å². The Hall–Kier alpha value is -1.58. The van der Waals surface area contributed by atoms with Crippen LogP contribution in [0.1, 0.15) is 27.2 Å². The van der Waals surface area contributed by atoms with Gasteiger partial charge in [0.15, 0.2) is 0 Å². The maximum atomic E-state index is 12.7. The van der Waals surface area contributed by atoms with Crippen LogP contribution in [-0.4, -0.2) is 35.7 Å². The van der Waals surface area contributed by atoms with E-state index in [0.717, 1.165) is 18.1 Å². The first-order chi connectivity index (χ1) is 10.9. The van der Waals surface area contributed by atoms with Gasteiger partial charge in [-0.25, -0.2) is 8.42 Å². The molecule has 0 aliphatic heterocycles. The fourth-order valence-corrected chi connectivity index (χ4v) is 4.19. The summed E-state index contributed by atoms with van der Waals surface area (Å²) in [7, 11) is -3.88. The predicted octanol–water partition coefficient (Wildman–Crippen LogP) is 1.52. The number of amides is 1. The van der Waals surface area contributed by atoms with Crippen LogP contribution in [0.3, 0.4) is 0 Å². The van der Waals surface area contributed by atoms with Crippen molar-refractivity contribution in [2.75, 3.05) is 6.54 Å². The second-order valence-electron chi connectivity index (χ2n) is 5.52. The van der Waals surface area contributed by atoms with E-state index >= 15 is 0 Å². The number of rotatable bonds is 7. The summed E-state index contributed by atoms with van der Waals surface area (Å²) in [5.41, 5.74) is 0.843. The third-order valence-corrected chi connectivity index (χ3v) is 5.33. The molecule has 1 heterocycles. The highest BCUT2D eigenvalue weighted by molar-refractivity contribution is 7.89. The molecule has 23 heavy (non-hydrogen) atoms. The van der Waals surface area contributed by atoms with Crippen molar-refractivity contribution in [1.29, 1.82) is 0 Å². The Kier molecular flexibility index (Phi) is 5.66. The lowest BCUT2D eigenvalue weighted by Crippen LogP contribution is -2.49.